The molecule has 0 radical (unpaired) electrons. The van der Waals surface area contributed by atoms with Crippen LogP contribution in [0.5, 0.6) is 0 Å². The zero-order chi connectivity index (χ0) is 16.2. The molecule has 120 valence electrons. The van der Waals surface area contributed by atoms with Crippen LogP contribution >= 0.6 is 11.3 Å². The maximum atomic E-state index is 13.4. The number of rotatable bonds is 7. The zero-order valence-electron chi connectivity index (χ0n) is 12.5. The fourth-order valence-electron chi connectivity index (χ4n) is 1.99. The zero-order valence-corrected chi connectivity index (χ0v) is 14.1. The summed E-state index contributed by atoms with van der Waals surface area (Å²) in [5.41, 5.74) is 1.23. The predicted octanol–water partition coefficient (Wildman–Crippen LogP) is 3.03. The summed E-state index contributed by atoms with van der Waals surface area (Å²) < 4.78 is 45.3. The highest BCUT2D eigenvalue weighted by molar-refractivity contribution is 7.89. The second kappa shape index (κ2) is 7.32. The first-order chi connectivity index (χ1) is 10.4. The quantitative estimate of drug-likeness (QED) is 0.776. The second-order valence-electron chi connectivity index (χ2n) is 4.87. The van der Waals surface area contributed by atoms with Crippen molar-refractivity contribution in [3.05, 3.63) is 52.0 Å². The van der Waals surface area contributed by atoms with Gasteiger partial charge >= 0.3 is 0 Å². The van der Waals surface area contributed by atoms with Crippen molar-refractivity contribution in [1.29, 1.82) is 0 Å². The molecule has 1 aromatic heterocycles. The molecule has 7 heteroatoms. The van der Waals surface area contributed by atoms with Gasteiger partial charge in [-0.15, -0.1) is 0 Å². The van der Waals surface area contributed by atoms with Gasteiger partial charge in [-0.05, 0) is 53.1 Å². The molecule has 0 aliphatic rings. The number of aryl methyl sites for hydroxylation is 1. The number of ether oxygens (including phenoxy) is 1. The van der Waals surface area contributed by atoms with E-state index in [0.29, 0.717) is 12.2 Å². The summed E-state index contributed by atoms with van der Waals surface area (Å²) in [6.45, 7) is 2.35. The highest BCUT2D eigenvalue weighted by Crippen LogP contribution is 2.21. The van der Waals surface area contributed by atoms with Gasteiger partial charge in [0, 0.05) is 20.2 Å². The molecule has 4 nitrogen and oxygen atoms in total. The van der Waals surface area contributed by atoms with Gasteiger partial charge in [-0.3, -0.25) is 0 Å². The lowest BCUT2D eigenvalue weighted by Crippen LogP contribution is -2.33. The number of methoxy groups -OCH3 is 1. The molecule has 0 saturated carbocycles. The molecule has 0 N–H and O–H groups in total. The van der Waals surface area contributed by atoms with E-state index in [0.717, 1.165) is 5.56 Å². The summed E-state index contributed by atoms with van der Waals surface area (Å²) in [6.07, 6.45) is 0. The summed E-state index contributed by atoms with van der Waals surface area (Å²) >= 11 is 1.51. The van der Waals surface area contributed by atoms with E-state index in [1.165, 1.54) is 41.0 Å². The Hall–Kier alpha value is -1.28. The Balaban J connectivity index is 2.32. The molecule has 1 aromatic carbocycles. The molecule has 0 saturated heterocycles. The third-order valence-corrected chi connectivity index (χ3v) is 5.82. The number of benzene rings is 1. The summed E-state index contributed by atoms with van der Waals surface area (Å²) in [5.74, 6) is -0.416. The molecule has 0 fully saturated rings. The van der Waals surface area contributed by atoms with Crippen LogP contribution in [0.3, 0.4) is 0 Å². The fourth-order valence-corrected chi connectivity index (χ4v) is 4.15. The summed E-state index contributed by atoms with van der Waals surface area (Å²) in [6, 6.07) is 5.72. The summed E-state index contributed by atoms with van der Waals surface area (Å²) in [4.78, 5) is 0.0951. The van der Waals surface area contributed by atoms with Gasteiger partial charge in [0.15, 0.2) is 0 Å². The fraction of sp³-hybridized carbons (Fsp3) is 0.333. The molecular formula is C15H18FNO3S2. The average molecular weight is 343 g/mol. The molecule has 0 amide bonds. The Morgan fingerprint density at radius 2 is 2.09 bits per heavy atom. The van der Waals surface area contributed by atoms with Gasteiger partial charge < -0.3 is 4.74 Å². The Morgan fingerprint density at radius 3 is 2.68 bits per heavy atom. The highest BCUT2D eigenvalue weighted by Gasteiger charge is 2.25. The van der Waals surface area contributed by atoms with E-state index < -0.39 is 15.8 Å². The minimum absolute atomic E-state index is 0.0951. The van der Waals surface area contributed by atoms with E-state index in [1.54, 1.807) is 6.92 Å². The number of hydrogen-bond acceptors (Lipinski definition) is 4. The number of sulfonamides is 1. The SMILES string of the molecule is COCCN(Cc1ccsc1)S(=O)(=O)c1ccc(F)c(C)c1. The number of nitrogens with zero attached hydrogens (tertiary/aromatic N) is 1. The first kappa shape index (κ1) is 17.1. The van der Waals surface area contributed by atoms with Gasteiger partial charge in [0.05, 0.1) is 11.5 Å². The maximum Gasteiger partial charge on any atom is 0.243 e. The van der Waals surface area contributed by atoms with Crippen molar-refractivity contribution in [2.75, 3.05) is 20.3 Å². The Kier molecular flexibility index (Phi) is 5.69. The van der Waals surface area contributed by atoms with Crippen LogP contribution in [0.25, 0.3) is 0 Å². The third-order valence-electron chi connectivity index (χ3n) is 3.25. The van der Waals surface area contributed by atoms with Crippen LogP contribution in [0.15, 0.2) is 39.9 Å². The van der Waals surface area contributed by atoms with Crippen molar-refractivity contribution in [2.45, 2.75) is 18.4 Å². The van der Waals surface area contributed by atoms with Crippen LogP contribution in [0, 0.1) is 12.7 Å². The minimum atomic E-state index is -3.70. The molecule has 0 bridgehead atoms. The molecule has 2 rings (SSSR count). The minimum Gasteiger partial charge on any atom is -0.383 e. The van der Waals surface area contributed by atoms with Crippen molar-refractivity contribution in [3.8, 4) is 0 Å². The van der Waals surface area contributed by atoms with Gasteiger partial charge in [0.1, 0.15) is 5.82 Å². The standard InChI is InChI=1S/C15H18FNO3S2/c1-12-9-14(3-4-15(12)16)22(18,19)17(6-7-20-2)10-13-5-8-21-11-13/h3-5,8-9,11H,6-7,10H2,1-2H3. The predicted molar refractivity (Wildman–Crippen MR) is 84.9 cm³/mol. The van der Waals surface area contributed by atoms with Crippen LogP contribution < -0.4 is 0 Å². The first-order valence-electron chi connectivity index (χ1n) is 6.71. The monoisotopic (exact) mass is 343 g/mol. The molecule has 1 heterocycles. The van der Waals surface area contributed by atoms with Crippen molar-refractivity contribution >= 4 is 21.4 Å². The van der Waals surface area contributed by atoms with Crippen LogP contribution in [0.4, 0.5) is 4.39 Å². The first-order valence-corrected chi connectivity index (χ1v) is 9.09. The van der Waals surface area contributed by atoms with E-state index in [1.807, 2.05) is 16.8 Å². The Labute approximate surface area is 134 Å². The topological polar surface area (TPSA) is 46.6 Å². The number of thiophene rings is 1. The van der Waals surface area contributed by atoms with E-state index in [4.69, 9.17) is 4.74 Å². The molecule has 0 unspecified atom stereocenters. The lowest BCUT2D eigenvalue weighted by atomic mass is 10.2. The second-order valence-corrected chi connectivity index (χ2v) is 7.59. The molecular weight excluding hydrogens is 325 g/mol. The van der Waals surface area contributed by atoms with E-state index in [-0.39, 0.29) is 18.0 Å². The maximum absolute atomic E-state index is 13.4. The van der Waals surface area contributed by atoms with Crippen LogP contribution in [-0.4, -0.2) is 33.0 Å². The number of halogens is 1. The van der Waals surface area contributed by atoms with Crippen LogP contribution in [-0.2, 0) is 21.3 Å². The largest absolute Gasteiger partial charge is 0.383 e. The van der Waals surface area contributed by atoms with Crippen LogP contribution in [0.1, 0.15) is 11.1 Å². The van der Waals surface area contributed by atoms with Gasteiger partial charge in [-0.1, -0.05) is 0 Å². The van der Waals surface area contributed by atoms with E-state index >= 15 is 0 Å². The van der Waals surface area contributed by atoms with Gasteiger partial charge in [-0.25, -0.2) is 12.8 Å². The van der Waals surface area contributed by atoms with Crippen molar-refractivity contribution in [1.82, 2.24) is 4.31 Å². The van der Waals surface area contributed by atoms with Gasteiger partial charge in [-0.2, -0.15) is 15.6 Å². The van der Waals surface area contributed by atoms with E-state index in [9.17, 15) is 12.8 Å². The van der Waals surface area contributed by atoms with Crippen molar-refractivity contribution < 1.29 is 17.5 Å². The average Bonchev–Trinajstić information content (AvgIpc) is 2.99. The summed E-state index contributed by atoms with van der Waals surface area (Å²) in [5, 5.41) is 3.81. The third kappa shape index (κ3) is 3.92. The molecule has 2 aromatic rings. The molecule has 0 spiro atoms. The molecule has 0 aliphatic carbocycles. The lowest BCUT2D eigenvalue weighted by Gasteiger charge is -2.21. The number of hydrogen-bond donors (Lipinski definition) is 0. The van der Waals surface area contributed by atoms with Gasteiger partial charge in [0.25, 0.3) is 0 Å². The van der Waals surface area contributed by atoms with Crippen LogP contribution in [0.2, 0.25) is 0 Å². The molecule has 22 heavy (non-hydrogen) atoms. The Bertz CT molecular complexity index is 714. The highest BCUT2D eigenvalue weighted by atomic mass is 32.2. The van der Waals surface area contributed by atoms with Gasteiger partial charge in [0.2, 0.25) is 10.0 Å². The smallest absolute Gasteiger partial charge is 0.243 e. The van der Waals surface area contributed by atoms with Crippen molar-refractivity contribution in [2.24, 2.45) is 0 Å². The molecule has 0 atom stereocenters. The lowest BCUT2D eigenvalue weighted by molar-refractivity contribution is 0.177. The van der Waals surface area contributed by atoms with Crippen molar-refractivity contribution in [3.63, 3.8) is 0 Å². The summed E-state index contributed by atoms with van der Waals surface area (Å²) in [7, 11) is -2.17. The molecule has 0 aliphatic heterocycles. The Morgan fingerprint density at radius 1 is 1.32 bits per heavy atom. The van der Waals surface area contributed by atoms with E-state index in [2.05, 4.69) is 0 Å². The normalized spacial score (nSPS) is 12.0.